The number of aliphatic hydroxyl groups is 1. The highest BCUT2D eigenvalue weighted by Gasteiger charge is 2.33. The minimum atomic E-state index is -0.404. The van der Waals surface area contributed by atoms with Crippen LogP contribution >= 0.6 is 11.6 Å². The van der Waals surface area contributed by atoms with Gasteiger partial charge >= 0.3 is 6.03 Å². The maximum Gasteiger partial charge on any atom is 0.319 e. The lowest BCUT2D eigenvalue weighted by molar-refractivity contribution is -0.132. The smallest absolute Gasteiger partial charge is 0.319 e. The largest absolute Gasteiger partial charge is 0.394 e. The number of benzene rings is 1. The zero-order valence-electron chi connectivity index (χ0n) is 17.2. The number of rotatable bonds is 7. The van der Waals surface area contributed by atoms with Crippen LogP contribution in [0.3, 0.4) is 0 Å². The number of urea groups is 1. The van der Waals surface area contributed by atoms with Crippen molar-refractivity contribution >= 4 is 29.2 Å². The van der Waals surface area contributed by atoms with Gasteiger partial charge in [-0.1, -0.05) is 30.9 Å². The van der Waals surface area contributed by atoms with E-state index in [4.69, 9.17) is 16.3 Å². The SMILES string of the molecule is O=C(NCC[C@@H]1CC[C@@H](NC(=O)C2CCCCC2)[C@H](CO)O1)Nc1ccc(Cl)cc1. The highest BCUT2D eigenvalue weighted by molar-refractivity contribution is 6.30. The summed E-state index contributed by atoms with van der Waals surface area (Å²) < 4.78 is 6.00. The molecule has 0 bridgehead atoms. The maximum absolute atomic E-state index is 12.5. The van der Waals surface area contributed by atoms with E-state index < -0.39 is 6.10 Å². The van der Waals surface area contributed by atoms with Gasteiger partial charge in [0.1, 0.15) is 6.10 Å². The van der Waals surface area contributed by atoms with Crippen molar-refractivity contribution in [2.24, 2.45) is 5.92 Å². The number of anilines is 1. The van der Waals surface area contributed by atoms with Crippen molar-refractivity contribution in [3.63, 3.8) is 0 Å². The Balaban J connectivity index is 1.37. The van der Waals surface area contributed by atoms with Gasteiger partial charge < -0.3 is 25.8 Å². The minimum Gasteiger partial charge on any atom is -0.394 e. The molecule has 3 rings (SSSR count). The van der Waals surface area contributed by atoms with Gasteiger partial charge in [-0.15, -0.1) is 0 Å². The normalized spacial score (nSPS) is 24.8. The van der Waals surface area contributed by atoms with Crippen molar-refractivity contribution in [2.45, 2.75) is 69.6 Å². The van der Waals surface area contributed by atoms with E-state index in [2.05, 4.69) is 16.0 Å². The highest BCUT2D eigenvalue weighted by atomic mass is 35.5. The van der Waals surface area contributed by atoms with Gasteiger partial charge in [-0.3, -0.25) is 4.79 Å². The van der Waals surface area contributed by atoms with E-state index in [0.29, 0.717) is 23.7 Å². The Labute approximate surface area is 182 Å². The number of ether oxygens (including phenoxy) is 1. The average Bonchev–Trinajstić information content (AvgIpc) is 2.77. The molecule has 1 saturated heterocycles. The summed E-state index contributed by atoms with van der Waals surface area (Å²) in [5.41, 5.74) is 0.669. The fraction of sp³-hybridized carbons (Fsp3) is 0.636. The Kier molecular flexibility index (Phi) is 8.78. The molecule has 2 aliphatic rings. The summed E-state index contributed by atoms with van der Waals surface area (Å²) in [6.07, 6.45) is 7.09. The van der Waals surface area contributed by atoms with Gasteiger partial charge in [-0.05, 0) is 56.4 Å². The molecule has 1 heterocycles. The van der Waals surface area contributed by atoms with Gasteiger partial charge in [0.25, 0.3) is 0 Å². The van der Waals surface area contributed by atoms with E-state index in [-0.39, 0.29) is 36.6 Å². The third kappa shape index (κ3) is 6.86. The summed E-state index contributed by atoms with van der Waals surface area (Å²) in [5.74, 6) is 0.194. The first-order valence-electron chi connectivity index (χ1n) is 10.9. The third-order valence-corrected chi connectivity index (χ3v) is 6.21. The summed E-state index contributed by atoms with van der Waals surface area (Å²) >= 11 is 5.84. The molecule has 1 aromatic carbocycles. The van der Waals surface area contributed by atoms with E-state index in [1.165, 1.54) is 6.42 Å². The number of nitrogens with one attached hydrogen (secondary N) is 3. The van der Waals surface area contributed by atoms with Crippen molar-refractivity contribution in [2.75, 3.05) is 18.5 Å². The van der Waals surface area contributed by atoms with Crippen molar-refractivity contribution in [1.29, 1.82) is 0 Å². The molecule has 166 valence electrons. The second kappa shape index (κ2) is 11.5. The van der Waals surface area contributed by atoms with Crippen LogP contribution in [0.5, 0.6) is 0 Å². The van der Waals surface area contributed by atoms with Crippen LogP contribution in [0.1, 0.15) is 51.4 Å². The molecule has 0 unspecified atom stereocenters. The molecule has 1 aliphatic carbocycles. The molecule has 2 fully saturated rings. The third-order valence-electron chi connectivity index (χ3n) is 5.95. The number of carbonyl (C=O) groups is 2. The number of hydrogen-bond acceptors (Lipinski definition) is 4. The predicted molar refractivity (Wildman–Crippen MR) is 117 cm³/mol. The lowest BCUT2D eigenvalue weighted by Crippen LogP contribution is -2.52. The van der Waals surface area contributed by atoms with Crippen molar-refractivity contribution < 1.29 is 19.4 Å². The number of aliphatic hydroxyl groups excluding tert-OH is 1. The molecule has 1 aromatic rings. The molecule has 30 heavy (non-hydrogen) atoms. The second-order valence-corrected chi connectivity index (χ2v) is 8.62. The summed E-state index contributed by atoms with van der Waals surface area (Å²) in [5, 5.41) is 19.0. The Bertz CT molecular complexity index is 694. The number of halogens is 1. The Morgan fingerprint density at radius 3 is 2.50 bits per heavy atom. The van der Waals surface area contributed by atoms with Gasteiger partial charge in [0.2, 0.25) is 5.91 Å². The minimum absolute atomic E-state index is 0.0548. The zero-order valence-corrected chi connectivity index (χ0v) is 18.0. The van der Waals surface area contributed by atoms with Crippen LogP contribution in [-0.4, -0.2) is 48.4 Å². The zero-order chi connectivity index (χ0) is 21.3. The van der Waals surface area contributed by atoms with Crippen LogP contribution < -0.4 is 16.0 Å². The molecular formula is C22H32ClN3O4. The molecule has 0 aromatic heterocycles. The van der Waals surface area contributed by atoms with Crippen molar-refractivity contribution in [3.8, 4) is 0 Å². The lowest BCUT2D eigenvalue weighted by atomic mass is 9.88. The number of hydrogen-bond donors (Lipinski definition) is 4. The van der Waals surface area contributed by atoms with Crippen LogP contribution in [0.4, 0.5) is 10.5 Å². The Morgan fingerprint density at radius 1 is 1.07 bits per heavy atom. The Hall–Kier alpha value is -1.83. The summed E-state index contributed by atoms with van der Waals surface area (Å²) in [4.78, 5) is 24.5. The maximum atomic E-state index is 12.5. The molecule has 3 amide bonds. The van der Waals surface area contributed by atoms with Gasteiger partial charge in [-0.2, -0.15) is 0 Å². The van der Waals surface area contributed by atoms with Crippen LogP contribution in [-0.2, 0) is 9.53 Å². The Morgan fingerprint density at radius 2 is 1.80 bits per heavy atom. The first kappa shape index (κ1) is 22.8. The molecular weight excluding hydrogens is 406 g/mol. The van der Waals surface area contributed by atoms with E-state index in [9.17, 15) is 14.7 Å². The fourth-order valence-electron chi connectivity index (χ4n) is 4.23. The average molecular weight is 438 g/mol. The van der Waals surface area contributed by atoms with Gasteiger partial charge in [0.05, 0.1) is 18.8 Å². The quantitative estimate of drug-likeness (QED) is 0.524. The van der Waals surface area contributed by atoms with Crippen LogP contribution in [0.25, 0.3) is 0 Å². The number of carbonyl (C=O) groups excluding carboxylic acids is 2. The molecule has 1 saturated carbocycles. The van der Waals surface area contributed by atoms with Crippen molar-refractivity contribution in [3.05, 3.63) is 29.3 Å². The van der Waals surface area contributed by atoms with Gasteiger partial charge in [0.15, 0.2) is 0 Å². The molecule has 8 heteroatoms. The summed E-state index contributed by atoms with van der Waals surface area (Å²) in [6.45, 7) is 0.331. The lowest BCUT2D eigenvalue weighted by Gasteiger charge is -2.37. The van der Waals surface area contributed by atoms with E-state index in [1.807, 2.05) is 0 Å². The molecule has 0 spiro atoms. The van der Waals surface area contributed by atoms with E-state index in [1.54, 1.807) is 24.3 Å². The molecule has 7 nitrogen and oxygen atoms in total. The molecule has 0 radical (unpaired) electrons. The van der Waals surface area contributed by atoms with Gasteiger partial charge in [-0.25, -0.2) is 4.79 Å². The second-order valence-electron chi connectivity index (χ2n) is 8.18. The van der Waals surface area contributed by atoms with Crippen LogP contribution in [0.2, 0.25) is 5.02 Å². The fourth-order valence-corrected chi connectivity index (χ4v) is 4.36. The van der Waals surface area contributed by atoms with Crippen LogP contribution in [0, 0.1) is 5.92 Å². The van der Waals surface area contributed by atoms with Gasteiger partial charge in [0, 0.05) is 23.2 Å². The first-order chi connectivity index (χ1) is 14.5. The standard InChI is InChI=1S/C22H32ClN3O4/c23-16-6-8-17(9-7-16)25-22(29)24-13-12-18-10-11-19(20(14-27)30-18)26-21(28)15-4-2-1-3-5-15/h6-9,15,18-20,27H,1-5,10-14H2,(H,26,28)(H2,24,25,29)/t18-,19+,20-/m0/s1. The van der Waals surface area contributed by atoms with Crippen molar-refractivity contribution in [1.82, 2.24) is 10.6 Å². The van der Waals surface area contributed by atoms with Crippen LogP contribution in [0.15, 0.2) is 24.3 Å². The molecule has 1 aliphatic heterocycles. The predicted octanol–water partition coefficient (Wildman–Crippen LogP) is 3.46. The molecule has 4 N–H and O–H groups in total. The van der Waals surface area contributed by atoms with E-state index in [0.717, 1.165) is 38.5 Å². The molecule has 3 atom stereocenters. The number of amides is 3. The summed E-state index contributed by atoms with van der Waals surface area (Å²) in [6, 6.07) is 6.46. The highest BCUT2D eigenvalue weighted by Crippen LogP contribution is 2.26. The monoisotopic (exact) mass is 437 g/mol. The summed E-state index contributed by atoms with van der Waals surface area (Å²) in [7, 11) is 0. The van der Waals surface area contributed by atoms with E-state index >= 15 is 0 Å². The first-order valence-corrected chi connectivity index (χ1v) is 11.3. The topological polar surface area (TPSA) is 99.7 Å².